The number of benzene rings is 4. The van der Waals surface area contributed by atoms with E-state index in [-0.39, 0.29) is 16.2 Å². The normalized spacial score (nSPS) is 11.1. The molecule has 198 valence electrons. The Morgan fingerprint density at radius 2 is 1.51 bits per heavy atom. The van der Waals surface area contributed by atoms with Gasteiger partial charge in [-0.1, -0.05) is 29.8 Å². The zero-order chi connectivity index (χ0) is 27.8. The maximum absolute atomic E-state index is 12.5. The lowest BCUT2D eigenvalue weighted by Crippen LogP contribution is -2.18. The molecule has 0 unspecified atom stereocenters. The van der Waals surface area contributed by atoms with Crippen LogP contribution in [0.2, 0.25) is 5.02 Å². The highest BCUT2D eigenvalue weighted by Gasteiger charge is 2.15. The van der Waals surface area contributed by atoms with Crippen molar-refractivity contribution in [2.45, 2.75) is 4.90 Å². The zero-order valence-electron chi connectivity index (χ0n) is 20.5. The Hall–Kier alpha value is -4.67. The van der Waals surface area contributed by atoms with Gasteiger partial charge >= 0.3 is 5.97 Å². The Bertz CT molecular complexity index is 1610. The molecule has 0 heterocycles. The molecule has 4 aromatic carbocycles. The standard InChI is InChI=1S/C28H22ClN3O6S/c1-37-26-17-19(7-16-25(26)38-28(34)21-8-12-22(29)13-9-21)18-30-31-27(33)20-10-14-23(15-11-20)32-39(35,36)24-5-3-2-4-6-24/h2-18,32H,1H3,(H,31,33)/b30-18-. The van der Waals surface area contributed by atoms with Crippen LogP contribution in [0.1, 0.15) is 26.3 Å². The van der Waals surface area contributed by atoms with Gasteiger partial charge in [-0.3, -0.25) is 9.52 Å². The van der Waals surface area contributed by atoms with Gasteiger partial charge in [-0.15, -0.1) is 0 Å². The van der Waals surface area contributed by atoms with Crippen LogP contribution >= 0.6 is 11.6 Å². The minimum Gasteiger partial charge on any atom is -0.493 e. The molecule has 0 aliphatic carbocycles. The summed E-state index contributed by atoms with van der Waals surface area (Å²) in [6, 6.07) is 24.9. The molecule has 11 heteroatoms. The molecular weight excluding hydrogens is 542 g/mol. The van der Waals surface area contributed by atoms with E-state index in [0.717, 1.165) is 0 Å². The average Bonchev–Trinajstić information content (AvgIpc) is 2.94. The summed E-state index contributed by atoms with van der Waals surface area (Å²) in [6.07, 6.45) is 1.40. The summed E-state index contributed by atoms with van der Waals surface area (Å²) in [5, 5.41) is 4.45. The van der Waals surface area contributed by atoms with Crippen LogP contribution in [0, 0.1) is 0 Å². The van der Waals surface area contributed by atoms with Gasteiger partial charge in [0.1, 0.15) is 0 Å². The van der Waals surface area contributed by atoms with Gasteiger partial charge in [0.15, 0.2) is 11.5 Å². The van der Waals surface area contributed by atoms with Crippen molar-refractivity contribution in [3.63, 3.8) is 0 Å². The second-order valence-corrected chi connectivity index (χ2v) is 10.1. The number of ether oxygens (including phenoxy) is 2. The first-order chi connectivity index (χ1) is 18.7. The maximum atomic E-state index is 12.5. The number of methoxy groups -OCH3 is 1. The highest BCUT2D eigenvalue weighted by Crippen LogP contribution is 2.28. The maximum Gasteiger partial charge on any atom is 0.343 e. The minimum absolute atomic E-state index is 0.130. The molecule has 0 radical (unpaired) electrons. The lowest BCUT2D eigenvalue weighted by molar-refractivity contribution is 0.0729. The monoisotopic (exact) mass is 563 g/mol. The lowest BCUT2D eigenvalue weighted by Gasteiger charge is -2.10. The predicted molar refractivity (Wildman–Crippen MR) is 148 cm³/mol. The van der Waals surface area contributed by atoms with Gasteiger partial charge in [0.2, 0.25) is 0 Å². The fourth-order valence-corrected chi connectivity index (χ4v) is 4.53. The molecule has 0 spiro atoms. The van der Waals surface area contributed by atoms with E-state index >= 15 is 0 Å². The summed E-state index contributed by atoms with van der Waals surface area (Å²) in [7, 11) is -2.31. The number of anilines is 1. The number of carbonyl (C=O) groups is 2. The fraction of sp³-hybridized carbons (Fsp3) is 0.0357. The molecule has 1 amide bonds. The molecule has 0 saturated heterocycles. The van der Waals surface area contributed by atoms with Crippen LogP contribution in [-0.2, 0) is 10.0 Å². The van der Waals surface area contributed by atoms with Crippen molar-refractivity contribution in [1.29, 1.82) is 0 Å². The van der Waals surface area contributed by atoms with Crippen LogP contribution in [0.15, 0.2) is 107 Å². The third kappa shape index (κ3) is 7.22. The first-order valence-electron chi connectivity index (χ1n) is 11.4. The van der Waals surface area contributed by atoms with E-state index in [1.54, 1.807) is 60.7 Å². The molecule has 9 nitrogen and oxygen atoms in total. The van der Waals surface area contributed by atoms with Crippen LogP contribution < -0.4 is 19.6 Å². The van der Waals surface area contributed by atoms with E-state index in [2.05, 4.69) is 15.2 Å². The topological polar surface area (TPSA) is 123 Å². The quantitative estimate of drug-likeness (QED) is 0.126. The molecule has 2 N–H and O–H groups in total. The van der Waals surface area contributed by atoms with Gasteiger partial charge < -0.3 is 9.47 Å². The van der Waals surface area contributed by atoms with Gasteiger partial charge in [-0.05, 0) is 84.4 Å². The molecule has 0 saturated carbocycles. The molecule has 0 aromatic heterocycles. The Balaban J connectivity index is 1.36. The van der Waals surface area contributed by atoms with Crippen LogP contribution in [0.4, 0.5) is 5.69 Å². The third-order valence-electron chi connectivity index (χ3n) is 5.30. The van der Waals surface area contributed by atoms with Gasteiger partial charge in [0.05, 0.1) is 23.8 Å². The van der Waals surface area contributed by atoms with Crippen LogP contribution in [-0.4, -0.2) is 33.6 Å². The largest absolute Gasteiger partial charge is 0.493 e. The number of amides is 1. The molecule has 0 fully saturated rings. The number of hydrogen-bond acceptors (Lipinski definition) is 7. The van der Waals surface area contributed by atoms with Crippen molar-refractivity contribution < 1.29 is 27.5 Å². The molecule has 0 bridgehead atoms. The van der Waals surface area contributed by atoms with Crippen molar-refractivity contribution in [2.75, 3.05) is 11.8 Å². The van der Waals surface area contributed by atoms with Crippen molar-refractivity contribution in [1.82, 2.24) is 5.43 Å². The second-order valence-electron chi connectivity index (χ2n) is 8.00. The van der Waals surface area contributed by atoms with Crippen LogP contribution in [0.5, 0.6) is 11.5 Å². The van der Waals surface area contributed by atoms with E-state index in [1.807, 2.05) is 0 Å². The number of hydrogen-bond donors (Lipinski definition) is 2. The summed E-state index contributed by atoms with van der Waals surface area (Å²) in [6.45, 7) is 0. The number of halogens is 1. The highest BCUT2D eigenvalue weighted by atomic mass is 35.5. The first-order valence-corrected chi connectivity index (χ1v) is 13.3. The van der Waals surface area contributed by atoms with Gasteiger partial charge in [0, 0.05) is 16.3 Å². The minimum atomic E-state index is -3.74. The van der Waals surface area contributed by atoms with Crippen molar-refractivity contribution in [2.24, 2.45) is 5.10 Å². The number of carbonyl (C=O) groups excluding carboxylic acids is 2. The Labute approximate surface area is 230 Å². The Morgan fingerprint density at radius 3 is 2.18 bits per heavy atom. The van der Waals surface area contributed by atoms with Gasteiger partial charge in [-0.2, -0.15) is 5.10 Å². The number of esters is 1. The molecule has 4 rings (SSSR count). The van der Waals surface area contributed by atoms with Crippen LogP contribution in [0.25, 0.3) is 0 Å². The molecular formula is C28H22ClN3O6S. The van der Waals surface area contributed by atoms with E-state index in [9.17, 15) is 18.0 Å². The average molecular weight is 564 g/mol. The van der Waals surface area contributed by atoms with Gasteiger partial charge in [0.25, 0.3) is 15.9 Å². The summed E-state index contributed by atoms with van der Waals surface area (Å²) in [5.74, 6) is -0.565. The van der Waals surface area contributed by atoms with Crippen LogP contribution in [0.3, 0.4) is 0 Å². The fourth-order valence-electron chi connectivity index (χ4n) is 3.33. The summed E-state index contributed by atoms with van der Waals surface area (Å²) < 4.78 is 38.1. The molecule has 0 aliphatic rings. The van der Waals surface area contributed by atoms with Crippen molar-refractivity contribution >= 4 is 45.4 Å². The highest BCUT2D eigenvalue weighted by molar-refractivity contribution is 7.92. The molecule has 0 atom stereocenters. The summed E-state index contributed by atoms with van der Waals surface area (Å²) in [5.41, 5.74) is 3.89. The number of rotatable bonds is 9. The summed E-state index contributed by atoms with van der Waals surface area (Å²) >= 11 is 5.85. The van der Waals surface area contributed by atoms with E-state index in [4.69, 9.17) is 21.1 Å². The SMILES string of the molecule is COc1cc(/C=N\NC(=O)c2ccc(NS(=O)(=O)c3ccccc3)cc2)ccc1OC(=O)c1ccc(Cl)cc1. The molecule has 0 aliphatic heterocycles. The zero-order valence-corrected chi connectivity index (χ0v) is 22.1. The second kappa shape index (κ2) is 12.2. The first kappa shape index (κ1) is 27.4. The lowest BCUT2D eigenvalue weighted by atomic mass is 10.2. The van der Waals surface area contributed by atoms with Crippen molar-refractivity contribution in [3.8, 4) is 11.5 Å². The van der Waals surface area contributed by atoms with E-state index < -0.39 is 21.9 Å². The number of sulfonamides is 1. The Morgan fingerprint density at radius 1 is 0.846 bits per heavy atom. The third-order valence-corrected chi connectivity index (χ3v) is 6.95. The Kier molecular flexibility index (Phi) is 8.60. The van der Waals surface area contributed by atoms with E-state index in [0.29, 0.717) is 27.6 Å². The van der Waals surface area contributed by atoms with Gasteiger partial charge in [-0.25, -0.2) is 18.6 Å². The number of hydrazone groups is 1. The molecule has 4 aromatic rings. The number of nitrogens with one attached hydrogen (secondary N) is 2. The predicted octanol–water partition coefficient (Wildman–Crippen LogP) is 5.13. The summed E-state index contributed by atoms with van der Waals surface area (Å²) in [4.78, 5) is 25.0. The van der Waals surface area contributed by atoms with Crippen molar-refractivity contribution in [3.05, 3.63) is 119 Å². The smallest absolute Gasteiger partial charge is 0.343 e. The molecule has 39 heavy (non-hydrogen) atoms. The van der Waals surface area contributed by atoms with E-state index in [1.165, 1.54) is 49.7 Å². The number of nitrogens with zero attached hydrogens (tertiary/aromatic N) is 1.